The molecule has 0 fully saturated rings. The topological polar surface area (TPSA) is 101 Å². The molecule has 8 nitrogen and oxygen atoms in total. The van der Waals surface area contributed by atoms with Crippen molar-refractivity contribution in [3.8, 4) is 17.0 Å². The summed E-state index contributed by atoms with van der Waals surface area (Å²) in [6.07, 6.45) is 3.60. The van der Waals surface area contributed by atoms with Gasteiger partial charge in [-0.2, -0.15) is 0 Å². The molecule has 1 aromatic carbocycles. The molecule has 4 aromatic rings. The first-order chi connectivity index (χ1) is 14.1. The molecule has 4 rings (SSSR count). The fourth-order valence-electron chi connectivity index (χ4n) is 2.99. The number of carbonyl (C=O) groups is 1. The summed E-state index contributed by atoms with van der Waals surface area (Å²) in [5, 5.41) is 5.84. The van der Waals surface area contributed by atoms with E-state index in [4.69, 9.17) is 4.74 Å². The van der Waals surface area contributed by atoms with Crippen molar-refractivity contribution in [3.63, 3.8) is 0 Å². The molecule has 0 radical (unpaired) electrons. The number of aromatic amines is 1. The maximum absolute atomic E-state index is 12.4. The maximum Gasteiger partial charge on any atom is 0.272 e. The zero-order valence-electron chi connectivity index (χ0n) is 15.8. The molecule has 8 heteroatoms. The molecule has 0 aliphatic rings. The Morgan fingerprint density at radius 2 is 1.90 bits per heavy atom. The van der Waals surface area contributed by atoms with Crippen LogP contribution < -0.4 is 15.6 Å². The monoisotopic (exact) mass is 389 g/mol. The van der Waals surface area contributed by atoms with Crippen molar-refractivity contribution in [1.82, 2.24) is 24.9 Å². The van der Waals surface area contributed by atoms with E-state index in [1.165, 1.54) is 10.6 Å². The summed E-state index contributed by atoms with van der Waals surface area (Å²) in [6, 6.07) is 14.2. The van der Waals surface area contributed by atoms with Crippen LogP contribution in [0, 0.1) is 0 Å². The lowest BCUT2D eigenvalue weighted by atomic mass is 10.1. The largest absolute Gasteiger partial charge is 0.497 e. The minimum Gasteiger partial charge on any atom is -0.497 e. The Morgan fingerprint density at radius 1 is 1.14 bits per heavy atom. The van der Waals surface area contributed by atoms with Crippen LogP contribution in [0.2, 0.25) is 0 Å². The van der Waals surface area contributed by atoms with Gasteiger partial charge < -0.3 is 10.1 Å². The molecule has 0 atom stereocenters. The molecule has 0 bridgehead atoms. The van der Waals surface area contributed by atoms with Gasteiger partial charge in [-0.15, -0.1) is 0 Å². The molecule has 0 saturated carbocycles. The molecule has 0 aliphatic heterocycles. The number of ether oxygens (including phenoxy) is 1. The number of amides is 1. The number of fused-ring (bicyclic) bond motifs is 1. The van der Waals surface area contributed by atoms with Crippen LogP contribution in [0.4, 0.5) is 0 Å². The third-order valence-corrected chi connectivity index (χ3v) is 4.49. The third kappa shape index (κ3) is 4.16. The number of nitrogens with one attached hydrogen (secondary N) is 2. The number of hydrogen-bond acceptors (Lipinski definition) is 5. The van der Waals surface area contributed by atoms with E-state index in [0.717, 1.165) is 22.6 Å². The van der Waals surface area contributed by atoms with Gasteiger partial charge in [-0.05, 0) is 29.8 Å². The standard InChI is InChI=1S/C21H19N5O3/c1-29-17-4-2-14(3-5-17)10-20(27)23-13-16-11-21(28)26-19(24-16)12-18(25-26)15-6-8-22-9-7-15/h2-9,11-12,25H,10,13H2,1H3,(H,23,27). The molecule has 3 heterocycles. The van der Waals surface area contributed by atoms with Gasteiger partial charge in [0.2, 0.25) is 5.91 Å². The van der Waals surface area contributed by atoms with Crippen LogP contribution in [0.25, 0.3) is 16.9 Å². The van der Waals surface area contributed by atoms with Gasteiger partial charge in [-0.3, -0.25) is 19.7 Å². The van der Waals surface area contributed by atoms with Crippen molar-refractivity contribution < 1.29 is 9.53 Å². The SMILES string of the molecule is COc1ccc(CC(=O)NCc2cc(=O)n3[nH]c(-c4ccncc4)cc3n2)cc1. The number of hydrogen-bond donors (Lipinski definition) is 2. The zero-order chi connectivity index (χ0) is 20.2. The molecular weight excluding hydrogens is 370 g/mol. The predicted octanol–water partition coefficient (Wildman–Crippen LogP) is 1.95. The number of rotatable bonds is 6. The first-order valence-corrected chi connectivity index (χ1v) is 9.04. The summed E-state index contributed by atoms with van der Waals surface area (Å²) in [5.41, 5.74) is 3.29. The number of aromatic nitrogens is 4. The summed E-state index contributed by atoms with van der Waals surface area (Å²) in [7, 11) is 1.60. The molecule has 2 N–H and O–H groups in total. The van der Waals surface area contributed by atoms with E-state index in [0.29, 0.717) is 11.3 Å². The van der Waals surface area contributed by atoms with Gasteiger partial charge in [0, 0.05) is 30.1 Å². The van der Waals surface area contributed by atoms with E-state index in [2.05, 4.69) is 20.4 Å². The highest BCUT2D eigenvalue weighted by atomic mass is 16.5. The second-order valence-corrected chi connectivity index (χ2v) is 6.49. The van der Waals surface area contributed by atoms with Crippen LogP contribution >= 0.6 is 0 Å². The normalized spacial score (nSPS) is 10.8. The second kappa shape index (κ2) is 7.97. The van der Waals surface area contributed by atoms with Gasteiger partial charge in [-0.25, -0.2) is 9.50 Å². The van der Waals surface area contributed by atoms with Crippen molar-refractivity contribution in [2.75, 3.05) is 7.11 Å². The van der Waals surface area contributed by atoms with Crippen LogP contribution in [0.3, 0.4) is 0 Å². The lowest BCUT2D eigenvalue weighted by Crippen LogP contribution is -2.26. The van der Waals surface area contributed by atoms with Gasteiger partial charge in [0.25, 0.3) is 5.56 Å². The Labute approximate surface area is 166 Å². The summed E-state index contributed by atoms with van der Waals surface area (Å²) in [4.78, 5) is 33.1. The summed E-state index contributed by atoms with van der Waals surface area (Å²) >= 11 is 0. The number of carbonyl (C=O) groups excluding carboxylic acids is 1. The second-order valence-electron chi connectivity index (χ2n) is 6.49. The highest BCUT2D eigenvalue weighted by molar-refractivity contribution is 5.78. The van der Waals surface area contributed by atoms with E-state index in [-0.39, 0.29) is 24.4 Å². The lowest BCUT2D eigenvalue weighted by molar-refractivity contribution is -0.120. The van der Waals surface area contributed by atoms with Gasteiger partial charge >= 0.3 is 0 Å². The maximum atomic E-state index is 12.4. The zero-order valence-corrected chi connectivity index (χ0v) is 15.8. The molecule has 0 aliphatic carbocycles. The number of pyridine rings is 1. The lowest BCUT2D eigenvalue weighted by Gasteiger charge is -2.06. The van der Waals surface area contributed by atoms with Gasteiger partial charge in [0.1, 0.15) is 5.75 Å². The number of methoxy groups -OCH3 is 1. The molecule has 0 unspecified atom stereocenters. The van der Waals surface area contributed by atoms with Crippen LogP contribution in [-0.2, 0) is 17.8 Å². The van der Waals surface area contributed by atoms with E-state index in [1.54, 1.807) is 25.6 Å². The Hall–Kier alpha value is -3.94. The minimum absolute atomic E-state index is 0.149. The first-order valence-electron chi connectivity index (χ1n) is 9.04. The fraction of sp³-hybridized carbons (Fsp3) is 0.143. The van der Waals surface area contributed by atoms with Crippen molar-refractivity contribution >= 4 is 11.6 Å². The quantitative estimate of drug-likeness (QED) is 0.525. The van der Waals surface area contributed by atoms with E-state index in [1.807, 2.05) is 36.4 Å². The van der Waals surface area contributed by atoms with Crippen molar-refractivity contribution in [2.45, 2.75) is 13.0 Å². The van der Waals surface area contributed by atoms with Crippen molar-refractivity contribution in [1.29, 1.82) is 0 Å². The Kier molecular flexibility index (Phi) is 5.07. The van der Waals surface area contributed by atoms with Crippen molar-refractivity contribution in [3.05, 3.63) is 82.5 Å². The Bertz CT molecular complexity index is 1200. The highest BCUT2D eigenvalue weighted by Crippen LogP contribution is 2.17. The van der Waals surface area contributed by atoms with Gasteiger partial charge in [-0.1, -0.05) is 12.1 Å². The smallest absolute Gasteiger partial charge is 0.272 e. The average Bonchev–Trinajstić information content (AvgIpc) is 3.18. The Balaban J connectivity index is 1.46. The Morgan fingerprint density at radius 3 is 2.62 bits per heavy atom. The molecule has 29 heavy (non-hydrogen) atoms. The fourth-order valence-corrected chi connectivity index (χ4v) is 2.99. The molecule has 0 spiro atoms. The van der Waals surface area contributed by atoms with Crippen LogP contribution in [-0.4, -0.2) is 32.6 Å². The molecule has 0 saturated heterocycles. The average molecular weight is 389 g/mol. The summed E-state index contributed by atoms with van der Waals surface area (Å²) in [5.74, 6) is 0.591. The number of benzene rings is 1. The van der Waals surface area contributed by atoms with Gasteiger partial charge in [0.15, 0.2) is 5.65 Å². The van der Waals surface area contributed by atoms with E-state index >= 15 is 0 Å². The molecule has 146 valence electrons. The number of nitrogens with zero attached hydrogens (tertiary/aromatic N) is 3. The number of H-pyrrole nitrogens is 1. The molecule has 1 amide bonds. The van der Waals surface area contributed by atoms with Gasteiger partial charge in [0.05, 0.1) is 31.5 Å². The summed E-state index contributed by atoms with van der Waals surface area (Å²) < 4.78 is 6.48. The summed E-state index contributed by atoms with van der Waals surface area (Å²) in [6.45, 7) is 0.177. The van der Waals surface area contributed by atoms with Crippen molar-refractivity contribution in [2.24, 2.45) is 0 Å². The highest BCUT2D eigenvalue weighted by Gasteiger charge is 2.09. The van der Waals surface area contributed by atoms with Crippen LogP contribution in [0.1, 0.15) is 11.3 Å². The molecule has 3 aromatic heterocycles. The first kappa shape index (κ1) is 18.4. The van der Waals surface area contributed by atoms with E-state index < -0.39 is 0 Å². The minimum atomic E-state index is -0.241. The van der Waals surface area contributed by atoms with E-state index in [9.17, 15) is 9.59 Å². The molecular formula is C21H19N5O3. The third-order valence-electron chi connectivity index (χ3n) is 4.49. The van der Waals surface area contributed by atoms with Crippen LogP contribution in [0.15, 0.2) is 65.7 Å². The predicted molar refractivity (Wildman–Crippen MR) is 108 cm³/mol. The van der Waals surface area contributed by atoms with Crippen LogP contribution in [0.5, 0.6) is 5.75 Å².